The molecule has 0 bridgehead atoms. The van der Waals surface area contributed by atoms with E-state index < -0.39 is 0 Å². The first-order valence-electron chi connectivity index (χ1n) is 5.74. The van der Waals surface area contributed by atoms with Gasteiger partial charge in [-0.25, -0.2) is 0 Å². The highest BCUT2D eigenvalue weighted by Gasteiger charge is 2.16. The smallest absolute Gasteiger partial charge is 0.0715 e. The lowest BCUT2D eigenvalue weighted by atomic mass is 10.1. The molecule has 3 rings (SSSR count). The third-order valence-corrected chi connectivity index (χ3v) is 2.85. The molecule has 3 heteroatoms. The van der Waals surface area contributed by atoms with Crippen LogP contribution < -0.4 is 5.01 Å². The molecule has 0 fully saturated rings. The van der Waals surface area contributed by atoms with E-state index in [4.69, 9.17) is 0 Å². The van der Waals surface area contributed by atoms with Gasteiger partial charge in [-0.15, -0.1) is 0 Å². The zero-order valence-corrected chi connectivity index (χ0v) is 9.45. The lowest BCUT2D eigenvalue weighted by Gasteiger charge is -2.12. The molecular weight excluding hydrogens is 210 g/mol. The molecule has 17 heavy (non-hydrogen) atoms. The van der Waals surface area contributed by atoms with Crippen LogP contribution in [0.5, 0.6) is 0 Å². The van der Waals surface area contributed by atoms with Crippen molar-refractivity contribution in [2.75, 3.05) is 11.6 Å². The largest absolute Gasteiger partial charge is 0.265 e. The number of benzene rings is 1. The van der Waals surface area contributed by atoms with Gasteiger partial charge in [0.05, 0.1) is 11.4 Å². The van der Waals surface area contributed by atoms with Gasteiger partial charge < -0.3 is 0 Å². The van der Waals surface area contributed by atoms with E-state index >= 15 is 0 Å². The Morgan fingerprint density at radius 2 is 1.88 bits per heavy atom. The zero-order valence-electron chi connectivity index (χ0n) is 9.45. The van der Waals surface area contributed by atoms with Crippen molar-refractivity contribution < 1.29 is 0 Å². The van der Waals surface area contributed by atoms with Crippen LogP contribution in [0.2, 0.25) is 0 Å². The quantitative estimate of drug-likeness (QED) is 0.783. The first-order valence-corrected chi connectivity index (χ1v) is 5.74. The second-order valence-corrected chi connectivity index (χ2v) is 4.00. The molecule has 0 radical (unpaired) electrons. The summed E-state index contributed by atoms with van der Waals surface area (Å²) in [6, 6.07) is 14.2. The third kappa shape index (κ3) is 2.04. The van der Waals surface area contributed by atoms with Crippen molar-refractivity contribution in [1.29, 1.82) is 0 Å². The molecule has 0 saturated heterocycles. The molecule has 0 aliphatic carbocycles. The Hall–Kier alpha value is -2.16. The van der Waals surface area contributed by atoms with Gasteiger partial charge >= 0.3 is 0 Å². The molecule has 0 amide bonds. The van der Waals surface area contributed by atoms with Crippen molar-refractivity contribution in [2.24, 2.45) is 5.10 Å². The number of aromatic nitrogens is 1. The summed E-state index contributed by atoms with van der Waals surface area (Å²) in [6.45, 7) is 0.939. The van der Waals surface area contributed by atoms with Crippen molar-refractivity contribution >= 4 is 11.4 Å². The highest BCUT2D eigenvalue weighted by atomic mass is 15.5. The molecule has 0 saturated carbocycles. The minimum Gasteiger partial charge on any atom is -0.265 e. The summed E-state index contributed by atoms with van der Waals surface area (Å²) in [7, 11) is 0. The number of nitrogens with zero attached hydrogens (tertiary/aromatic N) is 3. The molecule has 1 aliphatic heterocycles. The average Bonchev–Trinajstić information content (AvgIpc) is 2.90. The monoisotopic (exact) mass is 223 g/mol. The van der Waals surface area contributed by atoms with Crippen molar-refractivity contribution in [3.8, 4) is 0 Å². The number of hydrazone groups is 1. The molecule has 3 nitrogen and oxygen atoms in total. The SMILES string of the molecule is c1ccc(N2CCC(c3cccnc3)=N2)cc1. The highest BCUT2D eigenvalue weighted by molar-refractivity contribution is 6.02. The van der Waals surface area contributed by atoms with Crippen molar-refractivity contribution in [3.63, 3.8) is 0 Å². The van der Waals surface area contributed by atoms with Crippen molar-refractivity contribution in [2.45, 2.75) is 6.42 Å². The minimum atomic E-state index is 0.939. The van der Waals surface area contributed by atoms with E-state index in [1.807, 2.05) is 35.5 Å². The number of rotatable bonds is 2. The molecule has 0 N–H and O–H groups in total. The second kappa shape index (κ2) is 4.37. The number of hydrogen-bond acceptors (Lipinski definition) is 3. The van der Waals surface area contributed by atoms with Gasteiger partial charge in [0, 0.05) is 30.9 Å². The summed E-state index contributed by atoms with van der Waals surface area (Å²) in [4.78, 5) is 4.13. The van der Waals surface area contributed by atoms with Gasteiger partial charge in [0.25, 0.3) is 0 Å². The zero-order chi connectivity index (χ0) is 11.5. The fraction of sp³-hybridized carbons (Fsp3) is 0.143. The molecule has 0 atom stereocenters. The van der Waals surface area contributed by atoms with Crippen molar-refractivity contribution in [3.05, 3.63) is 60.4 Å². The van der Waals surface area contributed by atoms with Gasteiger partial charge in [0.15, 0.2) is 0 Å². The van der Waals surface area contributed by atoms with E-state index in [-0.39, 0.29) is 0 Å². The number of hydrogen-bond donors (Lipinski definition) is 0. The molecule has 1 aliphatic rings. The van der Waals surface area contributed by atoms with Gasteiger partial charge in [0.2, 0.25) is 0 Å². The maximum Gasteiger partial charge on any atom is 0.0715 e. The second-order valence-electron chi connectivity index (χ2n) is 4.00. The Morgan fingerprint density at radius 3 is 2.65 bits per heavy atom. The summed E-state index contributed by atoms with van der Waals surface area (Å²) in [5.41, 5.74) is 3.37. The standard InChI is InChI=1S/C14H13N3/c1-2-6-13(7-3-1)17-10-8-14(16-17)12-5-4-9-15-11-12/h1-7,9,11H,8,10H2. The predicted octanol–water partition coefficient (Wildman–Crippen LogP) is 2.70. The van der Waals surface area contributed by atoms with Gasteiger partial charge in [-0.2, -0.15) is 5.10 Å². The normalized spacial score (nSPS) is 14.8. The van der Waals surface area contributed by atoms with Crippen LogP contribution in [0.4, 0.5) is 5.69 Å². The maximum absolute atomic E-state index is 4.64. The predicted molar refractivity (Wildman–Crippen MR) is 69.2 cm³/mol. The Balaban J connectivity index is 1.87. The summed E-state index contributed by atoms with van der Waals surface area (Å²) >= 11 is 0. The Labute approximate surface area is 100 Å². The summed E-state index contributed by atoms with van der Waals surface area (Å²) in [5.74, 6) is 0. The number of anilines is 1. The molecule has 2 aromatic rings. The van der Waals surface area contributed by atoms with Gasteiger partial charge in [-0.05, 0) is 18.2 Å². The lowest BCUT2D eigenvalue weighted by molar-refractivity contribution is 0.922. The van der Waals surface area contributed by atoms with E-state index in [1.165, 1.54) is 0 Å². The van der Waals surface area contributed by atoms with Crippen LogP contribution in [-0.4, -0.2) is 17.2 Å². The van der Waals surface area contributed by atoms with Crippen LogP contribution in [-0.2, 0) is 0 Å². The van der Waals surface area contributed by atoms with Crippen molar-refractivity contribution in [1.82, 2.24) is 4.98 Å². The van der Waals surface area contributed by atoms with Crippen LogP contribution >= 0.6 is 0 Å². The topological polar surface area (TPSA) is 28.5 Å². The lowest BCUT2D eigenvalue weighted by Crippen LogP contribution is -2.11. The minimum absolute atomic E-state index is 0.939. The fourth-order valence-corrected chi connectivity index (χ4v) is 1.98. The van der Waals surface area contributed by atoms with Gasteiger partial charge in [-0.1, -0.05) is 24.3 Å². The number of para-hydroxylation sites is 1. The summed E-state index contributed by atoms with van der Waals surface area (Å²) in [5, 5.41) is 6.68. The number of pyridine rings is 1. The molecular formula is C14H13N3. The Bertz CT molecular complexity index is 520. The van der Waals surface area contributed by atoms with Crippen LogP contribution in [0.15, 0.2) is 60.0 Å². The summed E-state index contributed by atoms with van der Waals surface area (Å²) < 4.78 is 0. The fourth-order valence-electron chi connectivity index (χ4n) is 1.98. The molecule has 0 unspecified atom stereocenters. The van der Waals surface area contributed by atoms with E-state index in [0.29, 0.717) is 0 Å². The van der Waals surface area contributed by atoms with E-state index in [0.717, 1.165) is 29.9 Å². The van der Waals surface area contributed by atoms with Crippen LogP contribution in [0.25, 0.3) is 0 Å². The molecule has 1 aromatic carbocycles. The van der Waals surface area contributed by atoms with Crippen LogP contribution in [0, 0.1) is 0 Å². The van der Waals surface area contributed by atoms with E-state index in [9.17, 15) is 0 Å². The Morgan fingerprint density at radius 1 is 1.00 bits per heavy atom. The maximum atomic E-state index is 4.64. The third-order valence-electron chi connectivity index (χ3n) is 2.85. The molecule has 0 spiro atoms. The van der Waals surface area contributed by atoms with Gasteiger partial charge in [-0.3, -0.25) is 9.99 Å². The van der Waals surface area contributed by atoms with Crippen LogP contribution in [0.1, 0.15) is 12.0 Å². The first kappa shape index (κ1) is 10.0. The molecule has 2 heterocycles. The molecule has 1 aromatic heterocycles. The average molecular weight is 223 g/mol. The summed E-state index contributed by atoms with van der Waals surface area (Å²) in [6.07, 6.45) is 4.63. The molecule has 84 valence electrons. The first-order chi connectivity index (χ1) is 8.43. The van der Waals surface area contributed by atoms with Crippen LogP contribution in [0.3, 0.4) is 0 Å². The Kier molecular flexibility index (Phi) is 2.58. The highest BCUT2D eigenvalue weighted by Crippen LogP contribution is 2.20. The van der Waals surface area contributed by atoms with E-state index in [1.54, 1.807) is 6.20 Å². The van der Waals surface area contributed by atoms with Gasteiger partial charge in [0.1, 0.15) is 0 Å². The van der Waals surface area contributed by atoms with E-state index in [2.05, 4.69) is 28.3 Å².